The number of fused-ring (bicyclic) bond motifs is 1. The Hall–Kier alpha value is -0.510. The molecular weight excluding hydrogens is 270 g/mol. The molecule has 4 saturated carbocycles. The van der Waals surface area contributed by atoms with E-state index >= 15 is 0 Å². The van der Waals surface area contributed by atoms with Crippen molar-refractivity contribution in [2.75, 3.05) is 12.8 Å². The predicted molar refractivity (Wildman–Crippen MR) is 77.0 cm³/mol. The van der Waals surface area contributed by atoms with Crippen LogP contribution >= 0.6 is 11.8 Å². The summed E-state index contributed by atoms with van der Waals surface area (Å²) in [6.45, 7) is 0. The zero-order valence-corrected chi connectivity index (χ0v) is 12.7. The molecule has 20 heavy (non-hydrogen) atoms. The second-order valence-corrected chi connectivity index (χ2v) is 9.12. The maximum atomic E-state index is 12.7. The molecule has 2 saturated heterocycles. The van der Waals surface area contributed by atoms with Gasteiger partial charge in [-0.15, -0.1) is 0 Å². The lowest BCUT2D eigenvalue weighted by atomic mass is 9.48. The van der Waals surface area contributed by atoms with E-state index in [1.807, 2.05) is 11.8 Å². The van der Waals surface area contributed by atoms with E-state index < -0.39 is 0 Å². The van der Waals surface area contributed by atoms with Crippen molar-refractivity contribution in [2.24, 2.45) is 35.5 Å². The molecular formula is C16H21NO2S. The first-order valence-electron chi connectivity index (χ1n) is 8.06. The molecule has 0 radical (unpaired) electrons. The standard InChI is InChI=1S/C16H21NO2S/c1-17-14(18)12-7-20-16(13(12)15(17)19)10-3-8-2-9(5-10)6-11(16)4-8/h8-13H,2-7H2,1H3/t8?,9?,10?,11?,12-,13+,16?/m1/s1. The summed E-state index contributed by atoms with van der Waals surface area (Å²) in [6, 6.07) is 0. The Labute approximate surface area is 123 Å². The van der Waals surface area contributed by atoms with Crippen molar-refractivity contribution in [3.63, 3.8) is 0 Å². The van der Waals surface area contributed by atoms with Gasteiger partial charge < -0.3 is 0 Å². The number of likely N-dealkylation sites (tertiary alicyclic amines) is 1. The predicted octanol–water partition coefficient (Wildman–Crippen LogP) is 2.16. The Balaban J connectivity index is 1.61. The fourth-order valence-electron chi connectivity index (χ4n) is 6.54. The van der Waals surface area contributed by atoms with E-state index in [-0.39, 0.29) is 28.4 Å². The number of amides is 2. The van der Waals surface area contributed by atoms with E-state index in [9.17, 15) is 9.59 Å². The number of nitrogens with zero attached hydrogens (tertiary/aromatic N) is 1. The van der Waals surface area contributed by atoms with Crippen LogP contribution in [-0.4, -0.2) is 34.3 Å². The summed E-state index contributed by atoms with van der Waals surface area (Å²) in [7, 11) is 1.69. The summed E-state index contributed by atoms with van der Waals surface area (Å²) in [6.07, 6.45) is 6.75. The van der Waals surface area contributed by atoms with Gasteiger partial charge in [0.1, 0.15) is 0 Å². The van der Waals surface area contributed by atoms with Crippen LogP contribution < -0.4 is 0 Å². The van der Waals surface area contributed by atoms with Crippen molar-refractivity contribution in [1.82, 2.24) is 4.90 Å². The summed E-state index contributed by atoms with van der Waals surface area (Å²) < 4.78 is 0.135. The van der Waals surface area contributed by atoms with Gasteiger partial charge in [0.2, 0.25) is 11.8 Å². The van der Waals surface area contributed by atoms with Gasteiger partial charge in [-0.05, 0) is 55.8 Å². The summed E-state index contributed by atoms with van der Waals surface area (Å²) in [5, 5.41) is 0. The highest BCUT2D eigenvalue weighted by atomic mass is 32.2. The number of imide groups is 1. The Kier molecular flexibility index (Phi) is 2.19. The first-order valence-corrected chi connectivity index (χ1v) is 9.05. The molecule has 0 unspecified atom stereocenters. The Morgan fingerprint density at radius 3 is 2.20 bits per heavy atom. The second-order valence-electron chi connectivity index (χ2n) is 7.79. The zero-order chi connectivity index (χ0) is 13.6. The molecule has 2 aliphatic heterocycles. The lowest BCUT2D eigenvalue weighted by molar-refractivity contribution is -0.139. The minimum atomic E-state index is -0.00461. The molecule has 108 valence electrons. The first kappa shape index (κ1) is 12.1. The lowest BCUT2D eigenvalue weighted by Crippen LogP contribution is -2.59. The van der Waals surface area contributed by atoms with E-state index in [4.69, 9.17) is 0 Å². The SMILES string of the molecule is CN1C(=O)[C@@H]2[C@@H](CSC23C2CC4CC(C2)CC3C4)C1=O. The van der Waals surface area contributed by atoms with E-state index in [0.29, 0.717) is 11.8 Å². The summed E-state index contributed by atoms with van der Waals surface area (Å²) in [4.78, 5) is 26.4. The van der Waals surface area contributed by atoms with Crippen LogP contribution in [0.25, 0.3) is 0 Å². The minimum Gasteiger partial charge on any atom is -0.285 e. The van der Waals surface area contributed by atoms with E-state index in [1.54, 1.807) is 7.05 Å². The van der Waals surface area contributed by atoms with Gasteiger partial charge in [-0.1, -0.05) is 0 Å². The van der Waals surface area contributed by atoms with Crippen LogP contribution in [-0.2, 0) is 9.59 Å². The topological polar surface area (TPSA) is 37.4 Å². The highest BCUT2D eigenvalue weighted by Crippen LogP contribution is 2.69. The molecule has 2 atom stereocenters. The maximum Gasteiger partial charge on any atom is 0.234 e. The number of thioether (sulfide) groups is 1. The van der Waals surface area contributed by atoms with E-state index in [0.717, 1.165) is 17.6 Å². The Bertz CT molecular complexity index is 489. The maximum absolute atomic E-state index is 12.7. The van der Waals surface area contributed by atoms with E-state index in [2.05, 4.69) is 0 Å². The third-order valence-corrected chi connectivity index (χ3v) is 9.01. The third kappa shape index (κ3) is 1.18. The van der Waals surface area contributed by atoms with Crippen LogP contribution in [0.15, 0.2) is 0 Å². The van der Waals surface area contributed by atoms with Gasteiger partial charge in [-0.3, -0.25) is 14.5 Å². The fraction of sp³-hybridized carbons (Fsp3) is 0.875. The van der Waals surface area contributed by atoms with Crippen molar-refractivity contribution < 1.29 is 9.59 Å². The fourth-order valence-corrected chi connectivity index (χ4v) is 8.65. The average Bonchev–Trinajstić information content (AvgIpc) is 2.91. The molecule has 0 aromatic carbocycles. The molecule has 6 rings (SSSR count). The molecule has 0 aromatic heterocycles. The molecule has 2 amide bonds. The molecule has 6 fully saturated rings. The molecule has 6 aliphatic rings. The van der Waals surface area contributed by atoms with E-state index in [1.165, 1.54) is 37.0 Å². The largest absolute Gasteiger partial charge is 0.285 e. The number of carbonyl (C=O) groups excluding carboxylic acids is 2. The Morgan fingerprint density at radius 2 is 1.60 bits per heavy atom. The normalized spacial score (nSPS) is 56.1. The molecule has 3 nitrogen and oxygen atoms in total. The van der Waals surface area contributed by atoms with Crippen molar-refractivity contribution in [1.29, 1.82) is 0 Å². The van der Waals surface area contributed by atoms with Gasteiger partial charge in [0, 0.05) is 17.5 Å². The van der Waals surface area contributed by atoms with Crippen LogP contribution in [0, 0.1) is 35.5 Å². The molecule has 1 spiro atoms. The molecule has 4 aliphatic carbocycles. The van der Waals surface area contributed by atoms with Crippen LogP contribution in [0.1, 0.15) is 32.1 Å². The first-order chi connectivity index (χ1) is 9.61. The molecule has 4 heteroatoms. The number of hydrogen-bond acceptors (Lipinski definition) is 3. The van der Waals surface area contributed by atoms with Crippen molar-refractivity contribution in [3.8, 4) is 0 Å². The van der Waals surface area contributed by atoms with Crippen LogP contribution in [0.4, 0.5) is 0 Å². The van der Waals surface area contributed by atoms with Crippen LogP contribution in [0.5, 0.6) is 0 Å². The lowest BCUT2D eigenvalue weighted by Gasteiger charge is -2.61. The quantitative estimate of drug-likeness (QED) is 0.642. The second kappa shape index (κ2) is 3.63. The number of rotatable bonds is 0. The Morgan fingerprint density at radius 1 is 1.00 bits per heavy atom. The van der Waals surface area contributed by atoms with Gasteiger partial charge in [0.25, 0.3) is 0 Å². The van der Waals surface area contributed by atoms with Crippen LogP contribution in [0.2, 0.25) is 0 Å². The minimum absolute atomic E-state index is 0.00461. The molecule has 0 aromatic rings. The third-order valence-electron chi connectivity index (χ3n) is 7.06. The molecule has 4 bridgehead atoms. The monoisotopic (exact) mass is 291 g/mol. The number of hydrogen-bond donors (Lipinski definition) is 0. The van der Waals surface area contributed by atoms with Crippen molar-refractivity contribution in [2.45, 2.75) is 36.9 Å². The average molecular weight is 291 g/mol. The van der Waals surface area contributed by atoms with Gasteiger partial charge >= 0.3 is 0 Å². The van der Waals surface area contributed by atoms with Gasteiger partial charge in [-0.25, -0.2) is 0 Å². The van der Waals surface area contributed by atoms with Gasteiger partial charge in [0.15, 0.2) is 0 Å². The summed E-state index contributed by atoms with van der Waals surface area (Å²) in [5.74, 6) is 4.40. The highest BCUT2D eigenvalue weighted by Gasteiger charge is 2.69. The summed E-state index contributed by atoms with van der Waals surface area (Å²) in [5.41, 5.74) is 0. The summed E-state index contributed by atoms with van der Waals surface area (Å²) >= 11 is 2.01. The van der Waals surface area contributed by atoms with Crippen molar-refractivity contribution >= 4 is 23.6 Å². The van der Waals surface area contributed by atoms with Crippen molar-refractivity contribution in [3.05, 3.63) is 0 Å². The smallest absolute Gasteiger partial charge is 0.234 e. The number of carbonyl (C=O) groups is 2. The zero-order valence-electron chi connectivity index (χ0n) is 11.9. The highest BCUT2D eigenvalue weighted by molar-refractivity contribution is 8.01. The molecule has 0 N–H and O–H groups in total. The van der Waals surface area contributed by atoms with Crippen LogP contribution in [0.3, 0.4) is 0 Å². The molecule has 2 heterocycles. The van der Waals surface area contributed by atoms with Gasteiger partial charge in [-0.2, -0.15) is 11.8 Å². The van der Waals surface area contributed by atoms with Gasteiger partial charge in [0.05, 0.1) is 11.8 Å².